The lowest BCUT2D eigenvalue weighted by Crippen LogP contribution is -2.25. The van der Waals surface area contributed by atoms with Crippen molar-refractivity contribution < 1.29 is 14.3 Å². The maximum atomic E-state index is 12.8. The Bertz CT molecular complexity index is 982. The molecule has 28 heavy (non-hydrogen) atoms. The molecule has 0 aliphatic carbocycles. The molecule has 1 aromatic heterocycles. The van der Waals surface area contributed by atoms with Crippen LogP contribution in [0.3, 0.4) is 0 Å². The Hall–Kier alpha value is -2.86. The number of amides is 1. The number of imidazole rings is 1. The third-order valence-electron chi connectivity index (χ3n) is 5.21. The normalized spacial score (nSPS) is 16.9. The molecule has 1 atom stereocenters. The summed E-state index contributed by atoms with van der Waals surface area (Å²) < 4.78 is 13.2. The van der Waals surface area contributed by atoms with Gasteiger partial charge in [-0.25, -0.2) is 4.98 Å². The first-order chi connectivity index (χ1) is 13.7. The highest BCUT2D eigenvalue weighted by atomic mass is 16.5. The van der Waals surface area contributed by atoms with Crippen LogP contribution in [0.15, 0.2) is 48.5 Å². The highest BCUT2D eigenvalue weighted by molar-refractivity contribution is 5.97. The molecule has 146 valence electrons. The Morgan fingerprint density at radius 2 is 1.93 bits per heavy atom. The van der Waals surface area contributed by atoms with Gasteiger partial charge in [-0.2, -0.15) is 0 Å². The number of methoxy groups -OCH3 is 1. The van der Waals surface area contributed by atoms with E-state index in [0.29, 0.717) is 31.9 Å². The van der Waals surface area contributed by atoms with Crippen LogP contribution in [0.5, 0.6) is 5.75 Å². The van der Waals surface area contributed by atoms with Crippen LogP contribution in [-0.2, 0) is 16.1 Å². The molecule has 0 saturated carbocycles. The number of nitrogens with zero attached hydrogens (tertiary/aromatic N) is 3. The predicted octanol–water partition coefficient (Wildman–Crippen LogP) is 3.60. The van der Waals surface area contributed by atoms with E-state index < -0.39 is 0 Å². The molecule has 1 aliphatic heterocycles. The van der Waals surface area contributed by atoms with Crippen molar-refractivity contribution in [3.63, 3.8) is 0 Å². The van der Waals surface area contributed by atoms with E-state index in [2.05, 4.69) is 10.6 Å². The van der Waals surface area contributed by atoms with Gasteiger partial charge in [-0.15, -0.1) is 0 Å². The van der Waals surface area contributed by atoms with Crippen LogP contribution in [0.1, 0.15) is 25.1 Å². The van der Waals surface area contributed by atoms with Crippen molar-refractivity contribution in [1.82, 2.24) is 9.55 Å². The number of para-hydroxylation sites is 4. The summed E-state index contributed by atoms with van der Waals surface area (Å²) in [5, 5.41) is 0. The highest BCUT2D eigenvalue weighted by Gasteiger charge is 2.35. The summed E-state index contributed by atoms with van der Waals surface area (Å²) in [7, 11) is 1.63. The Labute approximate surface area is 164 Å². The molecule has 1 aliphatic rings. The monoisotopic (exact) mass is 379 g/mol. The molecule has 0 spiro atoms. The van der Waals surface area contributed by atoms with Crippen molar-refractivity contribution in [2.75, 3.05) is 31.8 Å². The van der Waals surface area contributed by atoms with E-state index in [1.165, 1.54) is 0 Å². The zero-order valence-corrected chi connectivity index (χ0v) is 16.3. The molecule has 0 radical (unpaired) electrons. The lowest BCUT2D eigenvalue weighted by Gasteiger charge is -2.19. The Morgan fingerprint density at radius 1 is 1.14 bits per heavy atom. The van der Waals surface area contributed by atoms with Crippen molar-refractivity contribution in [1.29, 1.82) is 0 Å². The van der Waals surface area contributed by atoms with Gasteiger partial charge in [0.1, 0.15) is 11.6 Å². The van der Waals surface area contributed by atoms with E-state index >= 15 is 0 Å². The fraction of sp³-hybridized carbons (Fsp3) is 0.364. The van der Waals surface area contributed by atoms with E-state index in [4.69, 9.17) is 14.5 Å². The minimum Gasteiger partial charge on any atom is -0.495 e. The Balaban J connectivity index is 1.67. The maximum absolute atomic E-state index is 12.8. The van der Waals surface area contributed by atoms with Crippen molar-refractivity contribution in [2.45, 2.75) is 25.8 Å². The Morgan fingerprint density at radius 3 is 2.75 bits per heavy atom. The van der Waals surface area contributed by atoms with Gasteiger partial charge in [-0.3, -0.25) is 4.79 Å². The summed E-state index contributed by atoms with van der Waals surface area (Å²) in [5.74, 6) is 1.79. The molecule has 0 bridgehead atoms. The first-order valence-electron chi connectivity index (χ1n) is 9.69. The lowest BCUT2D eigenvalue weighted by molar-refractivity contribution is -0.117. The first kappa shape index (κ1) is 18.5. The minimum absolute atomic E-state index is 0.0337. The van der Waals surface area contributed by atoms with Crippen molar-refractivity contribution >= 4 is 22.6 Å². The highest BCUT2D eigenvalue weighted by Crippen LogP contribution is 2.36. The van der Waals surface area contributed by atoms with Crippen LogP contribution in [-0.4, -0.2) is 42.3 Å². The minimum atomic E-state index is 0.0337. The second-order valence-electron chi connectivity index (χ2n) is 6.88. The topological polar surface area (TPSA) is 56.6 Å². The third-order valence-corrected chi connectivity index (χ3v) is 5.21. The van der Waals surface area contributed by atoms with Gasteiger partial charge in [0.2, 0.25) is 5.91 Å². The molecule has 3 aromatic rings. The van der Waals surface area contributed by atoms with Crippen LogP contribution in [0, 0.1) is 0 Å². The SMILES string of the molecule is CCOCCn1c(C2CC(=O)N(c3ccccc3OC)C2)nc2ccccc21. The number of carbonyl (C=O) groups is 1. The van der Waals surface area contributed by atoms with E-state index in [1.54, 1.807) is 7.11 Å². The van der Waals surface area contributed by atoms with Gasteiger partial charge in [-0.1, -0.05) is 24.3 Å². The number of fused-ring (bicyclic) bond motifs is 1. The summed E-state index contributed by atoms with van der Waals surface area (Å²) >= 11 is 0. The van der Waals surface area contributed by atoms with Gasteiger partial charge in [0.05, 0.1) is 30.4 Å². The third kappa shape index (κ3) is 3.36. The average molecular weight is 379 g/mol. The summed E-state index contributed by atoms with van der Waals surface area (Å²) in [6.45, 7) is 4.63. The van der Waals surface area contributed by atoms with Gasteiger partial charge in [0.15, 0.2) is 0 Å². The van der Waals surface area contributed by atoms with Crippen LogP contribution in [0.2, 0.25) is 0 Å². The van der Waals surface area contributed by atoms with Crippen LogP contribution in [0.4, 0.5) is 5.69 Å². The average Bonchev–Trinajstić information content (AvgIpc) is 3.29. The quantitative estimate of drug-likeness (QED) is 0.589. The Kier molecular flexibility index (Phi) is 5.30. The molecule has 2 heterocycles. The number of benzene rings is 2. The molecular formula is C22H25N3O3. The summed E-state index contributed by atoms with van der Waals surface area (Å²) in [6, 6.07) is 15.8. The number of anilines is 1. The van der Waals surface area contributed by atoms with Gasteiger partial charge < -0.3 is 18.9 Å². The van der Waals surface area contributed by atoms with Gasteiger partial charge in [0.25, 0.3) is 0 Å². The molecular weight excluding hydrogens is 354 g/mol. The van der Waals surface area contributed by atoms with E-state index in [-0.39, 0.29) is 11.8 Å². The molecule has 2 aromatic carbocycles. The smallest absolute Gasteiger partial charge is 0.227 e. The fourth-order valence-electron chi connectivity index (χ4n) is 3.91. The fourth-order valence-corrected chi connectivity index (χ4v) is 3.91. The summed E-state index contributed by atoms with van der Waals surface area (Å²) in [5.41, 5.74) is 2.85. The molecule has 0 N–H and O–H groups in total. The van der Waals surface area contributed by atoms with Crippen LogP contribution >= 0.6 is 0 Å². The van der Waals surface area contributed by atoms with Crippen molar-refractivity contribution in [3.8, 4) is 5.75 Å². The molecule has 1 fully saturated rings. The van der Waals surface area contributed by atoms with Gasteiger partial charge in [-0.05, 0) is 31.2 Å². The summed E-state index contributed by atoms with van der Waals surface area (Å²) in [6.07, 6.45) is 0.440. The second kappa shape index (κ2) is 8.02. The first-order valence-corrected chi connectivity index (χ1v) is 9.69. The number of carbonyl (C=O) groups excluding carboxylic acids is 1. The zero-order chi connectivity index (χ0) is 19.5. The molecule has 6 nitrogen and oxygen atoms in total. The molecule has 1 amide bonds. The van der Waals surface area contributed by atoms with Crippen LogP contribution < -0.4 is 9.64 Å². The van der Waals surface area contributed by atoms with E-state index in [1.807, 2.05) is 54.3 Å². The van der Waals surface area contributed by atoms with Gasteiger partial charge in [0, 0.05) is 32.0 Å². The summed E-state index contributed by atoms with van der Waals surface area (Å²) in [4.78, 5) is 19.5. The second-order valence-corrected chi connectivity index (χ2v) is 6.88. The molecule has 4 rings (SSSR count). The molecule has 1 unspecified atom stereocenters. The predicted molar refractivity (Wildman–Crippen MR) is 109 cm³/mol. The maximum Gasteiger partial charge on any atom is 0.227 e. The van der Waals surface area contributed by atoms with Crippen LogP contribution in [0.25, 0.3) is 11.0 Å². The van der Waals surface area contributed by atoms with Crippen molar-refractivity contribution in [2.24, 2.45) is 0 Å². The molecule has 1 saturated heterocycles. The number of hydrogen-bond acceptors (Lipinski definition) is 4. The number of aromatic nitrogens is 2. The zero-order valence-electron chi connectivity index (χ0n) is 16.3. The number of rotatable bonds is 7. The van der Waals surface area contributed by atoms with Gasteiger partial charge >= 0.3 is 0 Å². The largest absolute Gasteiger partial charge is 0.495 e. The standard InChI is InChI=1S/C22H25N3O3/c1-3-28-13-12-24-18-9-5-4-8-17(18)23-22(24)16-14-21(26)25(15-16)19-10-6-7-11-20(19)27-2/h4-11,16H,3,12-15H2,1-2H3. The van der Waals surface area contributed by atoms with Crippen molar-refractivity contribution in [3.05, 3.63) is 54.4 Å². The van der Waals surface area contributed by atoms with E-state index in [0.717, 1.165) is 29.1 Å². The number of hydrogen-bond donors (Lipinski definition) is 0. The van der Waals surface area contributed by atoms with E-state index in [9.17, 15) is 4.79 Å². The number of ether oxygens (including phenoxy) is 2. The molecule has 6 heteroatoms. The lowest BCUT2D eigenvalue weighted by atomic mass is 10.1.